The summed E-state index contributed by atoms with van der Waals surface area (Å²) >= 11 is 1.69. The normalized spacial score (nSPS) is 22.2. The summed E-state index contributed by atoms with van der Waals surface area (Å²) in [5.74, 6) is 0.887. The number of amidine groups is 1. The minimum absolute atomic E-state index is 0.298. The van der Waals surface area contributed by atoms with Crippen molar-refractivity contribution in [2.45, 2.75) is 6.29 Å². The van der Waals surface area contributed by atoms with Gasteiger partial charge in [0.15, 0.2) is 12.1 Å². The van der Waals surface area contributed by atoms with Gasteiger partial charge in [-0.05, 0) is 18.4 Å². The third kappa shape index (κ3) is 1.57. The Balaban J connectivity index is 1.95. The minimum Gasteiger partial charge on any atom is -0.291 e. The molecule has 0 fully saturated rings. The summed E-state index contributed by atoms with van der Waals surface area (Å²) < 4.78 is 0. The number of anilines is 1. The van der Waals surface area contributed by atoms with Crippen LogP contribution in [0.3, 0.4) is 0 Å². The highest BCUT2D eigenvalue weighted by molar-refractivity contribution is 8.02. The van der Waals surface area contributed by atoms with Crippen LogP contribution < -0.4 is 10.7 Å². The molecule has 1 aromatic rings. The number of nitrogens with zero attached hydrogens (tertiary/aromatic N) is 4. The highest BCUT2D eigenvalue weighted by atomic mass is 32.2. The molecule has 0 radical (unpaired) electrons. The molecule has 0 bridgehead atoms. The zero-order chi connectivity index (χ0) is 12.7. The summed E-state index contributed by atoms with van der Waals surface area (Å²) in [5, 5.41) is 11.6. The van der Waals surface area contributed by atoms with Gasteiger partial charge in [-0.2, -0.15) is 0 Å². The Morgan fingerprint density at radius 3 is 2.61 bits per heavy atom. The number of nitrogens with two attached hydrogens (primary N) is 1. The van der Waals surface area contributed by atoms with Crippen LogP contribution >= 0.6 is 11.8 Å². The third-order valence-electron chi connectivity index (χ3n) is 3.07. The Morgan fingerprint density at radius 2 is 2.00 bits per heavy atom. The number of hydrazine groups is 1. The fraction of sp³-hybridized carbons (Fsp3) is 0.250. The summed E-state index contributed by atoms with van der Waals surface area (Å²) in [4.78, 5) is 0. The summed E-state index contributed by atoms with van der Waals surface area (Å²) in [6.45, 7) is 0. The van der Waals surface area contributed by atoms with Crippen LogP contribution in [-0.4, -0.2) is 35.4 Å². The number of hydrazone groups is 1. The number of benzene rings is 1. The van der Waals surface area contributed by atoms with E-state index in [0.717, 1.165) is 16.6 Å². The minimum atomic E-state index is -0.298. The molecule has 0 aliphatic carbocycles. The SMILES string of the molecule is CSC1=CC2=NN(c3ccccc3)C(N)N2N1C. The van der Waals surface area contributed by atoms with Crippen molar-refractivity contribution in [3.63, 3.8) is 0 Å². The predicted octanol–water partition coefficient (Wildman–Crippen LogP) is 1.43. The van der Waals surface area contributed by atoms with E-state index < -0.39 is 0 Å². The first kappa shape index (κ1) is 11.4. The van der Waals surface area contributed by atoms with Gasteiger partial charge >= 0.3 is 0 Å². The van der Waals surface area contributed by atoms with E-state index in [1.54, 1.807) is 11.8 Å². The molecule has 94 valence electrons. The lowest BCUT2D eigenvalue weighted by atomic mass is 10.3. The Kier molecular flexibility index (Phi) is 2.68. The molecule has 2 heterocycles. The van der Waals surface area contributed by atoms with Crippen LogP contribution in [-0.2, 0) is 0 Å². The van der Waals surface area contributed by atoms with Gasteiger partial charge in [0.05, 0.1) is 10.7 Å². The number of thioether (sulfide) groups is 1. The fourth-order valence-electron chi connectivity index (χ4n) is 2.17. The molecule has 0 amide bonds. The quantitative estimate of drug-likeness (QED) is 0.872. The van der Waals surface area contributed by atoms with Gasteiger partial charge in [0.25, 0.3) is 0 Å². The fourth-order valence-corrected chi connectivity index (χ4v) is 2.75. The summed E-state index contributed by atoms with van der Waals surface area (Å²) in [6, 6.07) is 9.96. The van der Waals surface area contributed by atoms with E-state index >= 15 is 0 Å². The van der Waals surface area contributed by atoms with Crippen LogP contribution in [0.4, 0.5) is 5.69 Å². The molecule has 0 aromatic heterocycles. The smallest absolute Gasteiger partial charge is 0.196 e. The largest absolute Gasteiger partial charge is 0.291 e. The van der Waals surface area contributed by atoms with E-state index in [1.807, 2.05) is 64.7 Å². The van der Waals surface area contributed by atoms with Gasteiger partial charge < -0.3 is 0 Å². The number of hydrogen-bond donors (Lipinski definition) is 1. The average Bonchev–Trinajstić information content (AvgIpc) is 2.89. The van der Waals surface area contributed by atoms with Crippen LogP contribution in [0.5, 0.6) is 0 Å². The number of para-hydroxylation sites is 1. The highest BCUT2D eigenvalue weighted by Gasteiger charge is 2.38. The second-order valence-electron chi connectivity index (χ2n) is 4.11. The molecular formula is C12H15N5S. The monoisotopic (exact) mass is 261 g/mol. The molecule has 2 N–H and O–H groups in total. The zero-order valence-electron chi connectivity index (χ0n) is 10.3. The van der Waals surface area contributed by atoms with Crippen molar-refractivity contribution in [2.24, 2.45) is 10.8 Å². The van der Waals surface area contributed by atoms with E-state index in [-0.39, 0.29) is 6.29 Å². The molecule has 2 aliphatic heterocycles. The van der Waals surface area contributed by atoms with Gasteiger partial charge in [-0.3, -0.25) is 10.7 Å². The molecule has 0 spiro atoms. The van der Waals surface area contributed by atoms with Crippen molar-refractivity contribution in [2.75, 3.05) is 18.3 Å². The Bertz CT molecular complexity index is 512. The number of rotatable bonds is 2. The Hall–Kier alpha value is -1.66. The van der Waals surface area contributed by atoms with E-state index in [4.69, 9.17) is 5.73 Å². The average molecular weight is 261 g/mol. The predicted molar refractivity (Wildman–Crippen MR) is 75.5 cm³/mol. The molecule has 1 unspecified atom stereocenters. The van der Waals surface area contributed by atoms with Gasteiger partial charge in [0.1, 0.15) is 0 Å². The maximum absolute atomic E-state index is 6.26. The first-order valence-corrected chi connectivity index (χ1v) is 6.92. The molecule has 3 rings (SSSR count). The van der Waals surface area contributed by atoms with Crippen LogP contribution in [0.15, 0.2) is 46.5 Å². The van der Waals surface area contributed by atoms with Gasteiger partial charge in [-0.15, -0.1) is 16.9 Å². The zero-order valence-corrected chi connectivity index (χ0v) is 11.1. The van der Waals surface area contributed by atoms with Crippen molar-refractivity contribution < 1.29 is 0 Å². The molecular weight excluding hydrogens is 246 g/mol. The molecule has 0 saturated heterocycles. The topological polar surface area (TPSA) is 48.1 Å². The maximum Gasteiger partial charge on any atom is 0.196 e. The van der Waals surface area contributed by atoms with E-state index in [9.17, 15) is 0 Å². The maximum atomic E-state index is 6.26. The summed E-state index contributed by atoms with van der Waals surface area (Å²) in [7, 11) is 2.00. The number of hydrogen-bond acceptors (Lipinski definition) is 6. The number of fused-ring (bicyclic) bond motifs is 1. The van der Waals surface area contributed by atoms with Crippen LogP contribution in [0.1, 0.15) is 0 Å². The molecule has 18 heavy (non-hydrogen) atoms. The first-order chi connectivity index (χ1) is 8.72. The molecule has 1 atom stereocenters. The van der Waals surface area contributed by atoms with Gasteiger partial charge in [-0.25, -0.2) is 10.0 Å². The van der Waals surface area contributed by atoms with E-state index in [1.165, 1.54) is 0 Å². The lowest BCUT2D eigenvalue weighted by Crippen LogP contribution is -2.52. The van der Waals surface area contributed by atoms with Crippen LogP contribution in [0.25, 0.3) is 0 Å². The second-order valence-corrected chi connectivity index (χ2v) is 4.93. The van der Waals surface area contributed by atoms with E-state index in [2.05, 4.69) is 5.10 Å². The summed E-state index contributed by atoms with van der Waals surface area (Å²) in [5.41, 5.74) is 7.26. The molecule has 0 saturated carbocycles. The van der Waals surface area contributed by atoms with Gasteiger partial charge in [0.2, 0.25) is 0 Å². The molecule has 1 aromatic carbocycles. The van der Waals surface area contributed by atoms with Crippen molar-refractivity contribution in [3.05, 3.63) is 41.4 Å². The first-order valence-electron chi connectivity index (χ1n) is 5.69. The Morgan fingerprint density at radius 1 is 1.28 bits per heavy atom. The third-order valence-corrected chi connectivity index (χ3v) is 3.87. The Labute approximate surface area is 110 Å². The van der Waals surface area contributed by atoms with E-state index in [0.29, 0.717) is 0 Å². The van der Waals surface area contributed by atoms with Gasteiger partial charge in [0, 0.05) is 13.1 Å². The highest BCUT2D eigenvalue weighted by Crippen LogP contribution is 2.32. The second kappa shape index (κ2) is 4.22. The molecule has 6 heteroatoms. The lowest BCUT2D eigenvalue weighted by Gasteiger charge is -2.32. The van der Waals surface area contributed by atoms with Crippen LogP contribution in [0.2, 0.25) is 0 Å². The van der Waals surface area contributed by atoms with Crippen molar-refractivity contribution in [3.8, 4) is 0 Å². The van der Waals surface area contributed by atoms with Crippen molar-refractivity contribution >= 4 is 23.3 Å². The standard InChI is InChI=1S/C12H15N5S/c1-15-11(18-2)8-10-14-16(12(13)17(10)15)9-6-4-3-5-7-9/h3-8,12H,13H2,1-2H3. The van der Waals surface area contributed by atoms with Gasteiger partial charge in [-0.1, -0.05) is 18.2 Å². The lowest BCUT2D eigenvalue weighted by molar-refractivity contribution is 0.107. The molecule has 5 nitrogen and oxygen atoms in total. The van der Waals surface area contributed by atoms with Crippen LogP contribution in [0, 0.1) is 0 Å². The van der Waals surface area contributed by atoms with Crippen molar-refractivity contribution in [1.82, 2.24) is 10.0 Å². The molecule has 2 aliphatic rings. The van der Waals surface area contributed by atoms with Crippen molar-refractivity contribution in [1.29, 1.82) is 0 Å². The summed E-state index contributed by atoms with van der Waals surface area (Å²) in [6.07, 6.45) is 3.80.